The SMILES string of the molecule is COc1cc2c(Oc3ccc4[nH]c(C)cc4c3F)cnnc2cc1OCCN1CCCC1. The summed E-state index contributed by atoms with van der Waals surface area (Å²) in [7, 11) is 1.59. The summed E-state index contributed by atoms with van der Waals surface area (Å²) < 4.78 is 32.5. The van der Waals surface area contributed by atoms with Crippen LogP contribution in [0.2, 0.25) is 0 Å². The number of methoxy groups -OCH3 is 1. The highest BCUT2D eigenvalue weighted by Gasteiger charge is 2.17. The van der Waals surface area contributed by atoms with Crippen molar-refractivity contribution >= 4 is 21.8 Å². The van der Waals surface area contributed by atoms with Crippen molar-refractivity contribution in [3.8, 4) is 23.0 Å². The van der Waals surface area contributed by atoms with E-state index in [2.05, 4.69) is 20.1 Å². The molecule has 2 aromatic carbocycles. The zero-order valence-corrected chi connectivity index (χ0v) is 18.2. The van der Waals surface area contributed by atoms with Gasteiger partial charge < -0.3 is 19.2 Å². The lowest BCUT2D eigenvalue weighted by Gasteiger charge is -2.17. The average Bonchev–Trinajstić information content (AvgIpc) is 3.45. The van der Waals surface area contributed by atoms with Crippen molar-refractivity contribution in [1.29, 1.82) is 0 Å². The van der Waals surface area contributed by atoms with Gasteiger partial charge in [0.2, 0.25) is 0 Å². The van der Waals surface area contributed by atoms with Crippen molar-refractivity contribution in [2.45, 2.75) is 19.8 Å². The van der Waals surface area contributed by atoms with E-state index in [0.717, 1.165) is 30.8 Å². The number of H-pyrrole nitrogens is 1. The number of aromatic amines is 1. The van der Waals surface area contributed by atoms with Crippen LogP contribution in [0.5, 0.6) is 23.0 Å². The molecule has 1 N–H and O–H groups in total. The number of benzene rings is 2. The Morgan fingerprint density at radius 1 is 1.03 bits per heavy atom. The lowest BCUT2D eigenvalue weighted by Crippen LogP contribution is -2.25. The normalized spacial score (nSPS) is 14.3. The standard InChI is InChI=1S/C24H25FN4O3/c1-15-11-17-18(27-15)5-6-20(24(17)25)32-23-14-26-28-19-13-22(21(30-2)12-16(19)23)31-10-9-29-7-3-4-8-29/h5-6,11-14,27H,3-4,7-10H2,1-2H3. The van der Waals surface area contributed by atoms with Crippen LogP contribution in [0.4, 0.5) is 4.39 Å². The van der Waals surface area contributed by atoms with E-state index in [1.54, 1.807) is 37.4 Å². The van der Waals surface area contributed by atoms with Crippen LogP contribution in [0.25, 0.3) is 21.8 Å². The second-order valence-electron chi connectivity index (χ2n) is 8.02. The minimum atomic E-state index is -0.425. The Bertz CT molecular complexity index is 1270. The van der Waals surface area contributed by atoms with Crippen LogP contribution in [0.3, 0.4) is 0 Å². The maximum absolute atomic E-state index is 15.0. The Morgan fingerprint density at radius 3 is 2.69 bits per heavy atom. The van der Waals surface area contributed by atoms with E-state index in [1.165, 1.54) is 19.0 Å². The molecule has 0 atom stereocenters. The first-order valence-corrected chi connectivity index (χ1v) is 10.8. The van der Waals surface area contributed by atoms with Gasteiger partial charge in [0, 0.05) is 29.2 Å². The minimum Gasteiger partial charge on any atom is -0.493 e. The number of aromatic nitrogens is 3. The van der Waals surface area contributed by atoms with E-state index in [0.29, 0.717) is 40.1 Å². The molecule has 5 rings (SSSR count). The predicted molar refractivity (Wildman–Crippen MR) is 120 cm³/mol. The molecule has 0 radical (unpaired) electrons. The molecule has 0 bridgehead atoms. The van der Waals surface area contributed by atoms with E-state index in [4.69, 9.17) is 14.2 Å². The van der Waals surface area contributed by atoms with Gasteiger partial charge in [0.25, 0.3) is 0 Å². The van der Waals surface area contributed by atoms with E-state index in [9.17, 15) is 0 Å². The molecular weight excluding hydrogens is 411 g/mol. The van der Waals surface area contributed by atoms with Crippen LogP contribution in [-0.2, 0) is 0 Å². The zero-order chi connectivity index (χ0) is 22.1. The van der Waals surface area contributed by atoms with Gasteiger partial charge in [0.1, 0.15) is 12.1 Å². The lowest BCUT2D eigenvalue weighted by molar-refractivity contribution is 0.230. The quantitative estimate of drug-likeness (QED) is 0.447. The van der Waals surface area contributed by atoms with Crippen LogP contribution in [0, 0.1) is 12.7 Å². The van der Waals surface area contributed by atoms with Crippen molar-refractivity contribution in [3.05, 3.63) is 48.0 Å². The maximum atomic E-state index is 15.0. The van der Waals surface area contributed by atoms with Gasteiger partial charge in [-0.25, -0.2) is 4.39 Å². The first kappa shape index (κ1) is 20.5. The molecule has 4 aromatic rings. The fourth-order valence-corrected chi connectivity index (χ4v) is 4.17. The number of halogens is 1. The molecule has 0 saturated carbocycles. The van der Waals surface area contributed by atoms with Crippen LogP contribution < -0.4 is 14.2 Å². The van der Waals surface area contributed by atoms with Crippen molar-refractivity contribution in [2.75, 3.05) is 33.4 Å². The van der Waals surface area contributed by atoms with E-state index < -0.39 is 5.82 Å². The first-order chi connectivity index (χ1) is 15.6. The third-order valence-electron chi connectivity index (χ3n) is 5.81. The summed E-state index contributed by atoms with van der Waals surface area (Å²) in [5.74, 6) is 1.25. The molecule has 1 fully saturated rings. The van der Waals surface area contributed by atoms with Gasteiger partial charge in [-0.05, 0) is 57.1 Å². The smallest absolute Gasteiger partial charge is 0.175 e. The van der Waals surface area contributed by atoms with Crippen LogP contribution in [0.15, 0.2) is 36.5 Å². The molecule has 7 nitrogen and oxygen atoms in total. The second kappa shape index (κ2) is 8.63. The number of ether oxygens (including phenoxy) is 3. The molecule has 0 spiro atoms. The summed E-state index contributed by atoms with van der Waals surface area (Å²) in [5, 5.41) is 9.39. The molecule has 32 heavy (non-hydrogen) atoms. The highest BCUT2D eigenvalue weighted by molar-refractivity contribution is 5.88. The molecule has 166 valence electrons. The van der Waals surface area contributed by atoms with Gasteiger partial charge >= 0.3 is 0 Å². The van der Waals surface area contributed by atoms with E-state index in [1.807, 2.05) is 6.92 Å². The molecule has 0 amide bonds. The summed E-state index contributed by atoms with van der Waals surface area (Å²) >= 11 is 0. The summed E-state index contributed by atoms with van der Waals surface area (Å²) in [6.07, 6.45) is 3.96. The molecule has 1 aliphatic heterocycles. The summed E-state index contributed by atoms with van der Waals surface area (Å²) in [5.41, 5.74) is 2.19. The molecule has 8 heteroatoms. The molecule has 1 aliphatic rings. The Balaban J connectivity index is 1.43. The number of rotatable bonds is 7. The Labute approximate surface area is 185 Å². The van der Waals surface area contributed by atoms with Crippen molar-refractivity contribution < 1.29 is 18.6 Å². The summed E-state index contributed by atoms with van der Waals surface area (Å²) in [4.78, 5) is 5.51. The van der Waals surface area contributed by atoms with Crippen LogP contribution in [0.1, 0.15) is 18.5 Å². The number of likely N-dealkylation sites (tertiary alicyclic amines) is 1. The van der Waals surface area contributed by atoms with Gasteiger partial charge in [-0.15, -0.1) is 0 Å². The Kier molecular flexibility index (Phi) is 5.53. The van der Waals surface area contributed by atoms with Gasteiger partial charge in [0.05, 0.1) is 18.7 Å². The van der Waals surface area contributed by atoms with E-state index in [-0.39, 0.29) is 5.75 Å². The number of hydrogen-bond donors (Lipinski definition) is 1. The highest BCUT2D eigenvalue weighted by Crippen LogP contribution is 2.38. The Morgan fingerprint density at radius 2 is 1.88 bits per heavy atom. The van der Waals surface area contributed by atoms with Crippen molar-refractivity contribution in [3.63, 3.8) is 0 Å². The zero-order valence-electron chi connectivity index (χ0n) is 18.2. The number of nitrogens with one attached hydrogen (secondary N) is 1. The molecular formula is C24H25FN4O3. The largest absolute Gasteiger partial charge is 0.493 e. The third-order valence-corrected chi connectivity index (χ3v) is 5.81. The monoisotopic (exact) mass is 436 g/mol. The van der Waals surface area contributed by atoms with Gasteiger partial charge in [-0.3, -0.25) is 4.90 Å². The van der Waals surface area contributed by atoms with Gasteiger partial charge in [-0.1, -0.05) is 0 Å². The number of aryl methyl sites for hydroxylation is 1. The van der Waals surface area contributed by atoms with E-state index >= 15 is 4.39 Å². The minimum absolute atomic E-state index is 0.121. The predicted octanol–water partition coefficient (Wildman–Crippen LogP) is 4.83. The molecule has 0 unspecified atom stereocenters. The fraction of sp³-hybridized carbons (Fsp3) is 0.333. The van der Waals surface area contributed by atoms with Gasteiger partial charge in [-0.2, -0.15) is 10.2 Å². The number of nitrogens with zero attached hydrogens (tertiary/aromatic N) is 3. The summed E-state index contributed by atoms with van der Waals surface area (Å²) in [6, 6.07) is 8.74. The third kappa shape index (κ3) is 3.93. The Hall–Kier alpha value is -3.39. The van der Waals surface area contributed by atoms with Crippen LogP contribution in [-0.4, -0.2) is 53.4 Å². The van der Waals surface area contributed by atoms with Crippen molar-refractivity contribution in [1.82, 2.24) is 20.1 Å². The topological polar surface area (TPSA) is 72.5 Å². The lowest BCUT2D eigenvalue weighted by atomic mass is 10.2. The maximum Gasteiger partial charge on any atom is 0.175 e. The molecule has 2 aromatic heterocycles. The number of fused-ring (bicyclic) bond motifs is 2. The van der Waals surface area contributed by atoms with Crippen molar-refractivity contribution in [2.24, 2.45) is 0 Å². The second-order valence-corrected chi connectivity index (χ2v) is 8.02. The van der Waals surface area contributed by atoms with Gasteiger partial charge in [0.15, 0.2) is 28.8 Å². The average molecular weight is 436 g/mol. The highest BCUT2D eigenvalue weighted by atomic mass is 19.1. The fourth-order valence-electron chi connectivity index (χ4n) is 4.17. The summed E-state index contributed by atoms with van der Waals surface area (Å²) in [6.45, 7) is 5.56. The molecule has 1 saturated heterocycles. The number of hydrogen-bond acceptors (Lipinski definition) is 6. The molecule has 0 aliphatic carbocycles. The first-order valence-electron chi connectivity index (χ1n) is 10.8. The van der Waals surface area contributed by atoms with Crippen LogP contribution >= 0.6 is 0 Å². The molecule has 3 heterocycles.